The number of aryl methyl sites for hydroxylation is 1. The van der Waals surface area contributed by atoms with Crippen LogP contribution in [0.1, 0.15) is 16.7 Å². The molecule has 2 nitrogen and oxygen atoms in total. The van der Waals surface area contributed by atoms with Gasteiger partial charge in [-0.15, -0.1) is 0 Å². The van der Waals surface area contributed by atoms with Crippen LogP contribution in [0.2, 0.25) is 5.02 Å². The Hall–Kier alpha value is -1.51. The van der Waals surface area contributed by atoms with Gasteiger partial charge >= 0.3 is 0 Å². The lowest BCUT2D eigenvalue weighted by Crippen LogP contribution is -2.17. The van der Waals surface area contributed by atoms with Gasteiger partial charge in [-0.2, -0.15) is 0 Å². The van der Waals surface area contributed by atoms with Crippen molar-refractivity contribution in [3.05, 3.63) is 64.2 Å². The summed E-state index contributed by atoms with van der Waals surface area (Å²) in [5, 5.41) is 4.01. The van der Waals surface area contributed by atoms with Crippen LogP contribution in [0.25, 0.3) is 0 Å². The quantitative estimate of drug-likeness (QED) is 0.894. The predicted octanol–water partition coefficient (Wildman–Crippen LogP) is 4.00. The molecule has 0 spiro atoms. The minimum absolute atomic E-state index is 0.810. The Morgan fingerprint density at radius 2 is 1.85 bits per heavy atom. The summed E-state index contributed by atoms with van der Waals surface area (Å²) in [5.41, 5.74) is 5.00. The highest BCUT2D eigenvalue weighted by Crippen LogP contribution is 2.22. The van der Waals surface area contributed by atoms with Crippen LogP contribution in [0.15, 0.2) is 42.5 Å². The number of hydrogen-bond donors (Lipinski definition) is 1. The van der Waals surface area contributed by atoms with E-state index in [4.69, 9.17) is 11.6 Å². The monoisotopic (exact) mass is 288 g/mol. The molecule has 0 atom stereocenters. The third-order valence-electron chi connectivity index (χ3n) is 3.50. The zero-order valence-corrected chi connectivity index (χ0v) is 13.0. The second-order valence-corrected chi connectivity index (χ2v) is 5.50. The van der Waals surface area contributed by atoms with Crippen molar-refractivity contribution >= 4 is 17.3 Å². The molecule has 0 radical (unpaired) electrons. The molecule has 0 bridgehead atoms. The molecule has 2 aromatic rings. The summed E-state index contributed by atoms with van der Waals surface area (Å²) in [6.45, 7) is 3.87. The standard InChI is InChI=1S/C17H21ClN2/c1-13-10-16(9-8-14(13)11-19-2)20(3)12-15-6-4-5-7-17(15)18/h4-10,19H,11-12H2,1-3H3. The van der Waals surface area contributed by atoms with Gasteiger partial charge < -0.3 is 10.2 Å². The Kier molecular flexibility index (Phi) is 5.05. The molecule has 2 rings (SSSR count). The van der Waals surface area contributed by atoms with E-state index in [9.17, 15) is 0 Å². The zero-order chi connectivity index (χ0) is 14.5. The van der Waals surface area contributed by atoms with Crippen LogP contribution >= 0.6 is 11.6 Å². The van der Waals surface area contributed by atoms with Crippen molar-refractivity contribution in [2.75, 3.05) is 19.0 Å². The van der Waals surface area contributed by atoms with Crippen molar-refractivity contribution in [3.8, 4) is 0 Å². The van der Waals surface area contributed by atoms with E-state index in [0.29, 0.717) is 0 Å². The summed E-state index contributed by atoms with van der Waals surface area (Å²) in [7, 11) is 4.06. The molecule has 0 aliphatic heterocycles. The lowest BCUT2D eigenvalue weighted by Gasteiger charge is -2.21. The molecule has 3 heteroatoms. The molecule has 0 aromatic heterocycles. The van der Waals surface area contributed by atoms with Crippen LogP contribution in [0.5, 0.6) is 0 Å². The van der Waals surface area contributed by atoms with Gasteiger partial charge in [-0.25, -0.2) is 0 Å². The smallest absolute Gasteiger partial charge is 0.0455 e. The Labute approximate surface area is 126 Å². The van der Waals surface area contributed by atoms with Crippen LogP contribution in [-0.2, 0) is 13.1 Å². The first-order chi connectivity index (χ1) is 9.61. The molecule has 20 heavy (non-hydrogen) atoms. The molecule has 0 aliphatic rings. The van der Waals surface area contributed by atoms with Gasteiger partial charge in [-0.05, 0) is 48.9 Å². The SMILES string of the molecule is CNCc1ccc(N(C)Cc2ccccc2Cl)cc1C. The van der Waals surface area contributed by atoms with E-state index in [1.54, 1.807) is 0 Å². The van der Waals surface area contributed by atoms with Crippen molar-refractivity contribution in [2.45, 2.75) is 20.0 Å². The fraction of sp³-hybridized carbons (Fsp3) is 0.294. The van der Waals surface area contributed by atoms with E-state index in [1.165, 1.54) is 16.8 Å². The molecule has 106 valence electrons. The number of nitrogens with zero attached hydrogens (tertiary/aromatic N) is 1. The van der Waals surface area contributed by atoms with Crippen molar-refractivity contribution in [3.63, 3.8) is 0 Å². The lowest BCUT2D eigenvalue weighted by atomic mass is 10.1. The molecule has 0 amide bonds. The van der Waals surface area contributed by atoms with Gasteiger partial charge in [-0.1, -0.05) is 35.9 Å². The van der Waals surface area contributed by atoms with Crippen LogP contribution in [0.4, 0.5) is 5.69 Å². The zero-order valence-electron chi connectivity index (χ0n) is 12.3. The van der Waals surface area contributed by atoms with Gasteiger partial charge in [-0.3, -0.25) is 0 Å². The number of hydrogen-bond acceptors (Lipinski definition) is 2. The summed E-state index contributed by atoms with van der Waals surface area (Å²) in [6.07, 6.45) is 0. The van der Waals surface area contributed by atoms with Crippen LogP contribution in [0, 0.1) is 6.92 Å². The molecule has 0 saturated heterocycles. The number of benzene rings is 2. The average Bonchev–Trinajstić information content (AvgIpc) is 2.43. The fourth-order valence-electron chi connectivity index (χ4n) is 2.28. The number of halogens is 1. The molecular formula is C17H21ClN2. The summed E-state index contributed by atoms with van der Waals surface area (Å²) in [6, 6.07) is 14.6. The van der Waals surface area contributed by atoms with Crippen molar-refractivity contribution < 1.29 is 0 Å². The highest BCUT2D eigenvalue weighted by molar-refractivity contribution is 6.31. The fourth-order valence-corrected chi connectivity index (χ4v) is 2.48. The van der Waals surface area contributed by atoms with E-state index >= 15 is 0 Å². The van der Waals surface area contributed by atoms with Gasteiger partial charge in [0.15, 0.2) is 0 Å². The minimum Gasteiger partial charge on any atom is -0.370 e. The minimum atomic E-state index is 0.810. The second-order valence-electron chi connectivity index (χ2n) is 5.09. The number of nitrogens with one attached hydrogen (secondary N) is 1. The molecule has 0 heterocycles. The first-order valence-electron chi connectivity index (χ1n) is 6.80. The third-order valence-corrected chi connectivity index (χ3v) is 3.87. The summed E-state index contributed by atoms with van der Waals surface area (Å²) < 4.78 is 0. The topological polar surface area (TPSA) is 15.3 Å². The van der Waals surface area contributed by atoms with Crippen LogP contribution in [-0.4, -0.2) is 14.1 Å². The molecule has 2 aromatic carbocycles. The van der Waals surface area contributed by atoms with Crippen molar-refractivity contribution in [1.29, 1.82) is 0 Å². The van der Waals surface area contributed by atoms with Gasteiger partial charge in [0.2, 0.25) is 0 Å². The molecule has 0 saturated carbocycles. The summed E-state index contributed by atoms with van der Waals surface area (Å²) in [4.78, 5) is 2.22. The first kappa shape index (κ1) is 14.9. The average molecular weight is 289 g/mol. The van der Waals surface area contributed by atoms with E-state index in [1.807, 2.05) is 25.2 Å². The van der Waals surface area contributed by atoms with E-state index in [2.05, 4.69) is 48.5 Å². The Morgan fingerprint density at radius 1 is 1.10 bits per heavy atom. The summed E-state index contributed by atoms with van der Waals surface area (Å²) in [5.74, 6) is 0. The maximum Gasteiger partial charge on any atom is 0.0455 e. The molecule has 0 fully saturated rings. The van der Waals surface area contributed by atoms with Gasteiger partial charge in [0.05, 0.1) is 0 Å². The van der Waals surface area contributed by atoms with Crippen LogP contribution in [0.3, 0.4) is 0 Å². The van der Waals surface area contributed by atoms with Crippen molar-refractivity contribution in [1.82, 2.24) is 5.32 Å². The maximum atomic E-state index is 6.22. The van der Waals surface area contributed by atoms with Gasteiger partial charge in [0, 0.05) is 30.8 Å². The maximum absolute atomic E-state index is 6.22. The predicted molar refractivity (Wildman–Crippen MR) is 87.5 cm³/mol. The Balaban J connectivity index is 2.15. The van der Waals surface area contributed by atoms with Crippen molar-refractivity contribution in [2.24, 2.45) is 0 Å². The highest BCUT2D eigenvalue weighted by Gasteiger charge is 2.06. The van der Waals surface area contributed by atoms with E-state index < -0.39 is 0 Å². The number of anilines is 1. The van der Waals surface area contributed by atoms with E-state index in [0.717, 1.165) is 23.7 Å². The lowest BCUT2D eigenvalue weighted by molar-refractivity contribution is 0.811. The largest absolute Gasteiger partial charge is 0.370 e. The molecule has 0 aliphatic carbocycles. The molecular weight excluding hydrogens is 268 g/mol. The van der Waals surface area contributed by atoms with Gasteiger partial charge in [0.25, 0.3) is 0 Å². The summed E-state index contributed by atoms with van der Waals surface area (Å²) >= 11 is 6.22. The second kappa shape index (κ2) is 6.78. The molecule has 1 N–H and O–H groups in total. The third kappa shape index (κ3) is 3.53. The van der Waals surface area contributed by atoms with Crippen LogP contribution < -0.4 is 10.2 Å². The van der Waals surface area contributed by atoms with E-state index in [-0.39, 0.29) is 0 Å². The van der Waals surface area contributed by atoms with Gasteiger partial charge in [0.1, 0.15) is 0 Å². The highest BCUT2D eigenvalue weighted by atomic mass is 35.5. The number of rotatable bonds is 5. The Morgan fingerprint density at radius 3 is 2.50 bits per heavy atom. The normalized spacial score (nSPS) is 10.6. The first-order valence-corrected chi connectivity index (χ1v) is 7.18. The molecule has 0 unspecified atom stereocenters. The Bertz CT molecular complexity index is 581.